The number of aliphatic hydroxyl groups is 1. The molecule has 0 amide bonds. The molecule has 0 saturated heterocycles. The zero-order valence-electron chi connectivity index (χ0n) is 15.3. The molecule has 1 aromatic rings. The lowest BCUT2D eigenvalue weighted by Crippen LogP contribution is -2.35. The minimum absolute atomic E-state index is 0.179. The second kappa shape index (κ2) is 9.66. The zero-order valence-corrected chi connectivity index (χ0v) is 15.3. The number of rotatable bonds is 8. The van der Waals surface area contributed by atoms with E-state index in [0.717, 1.165) is 30.6 Å². The Hall–Kier alpha value is -1.75. The summed E-state index contributed by atoms with van der Waals surface area (Å²) in [5.74, 6) is 0.820. The van der Waals surface area contributed by atoms with Crippen molar-refractivity contribution in [1.82, 2.24) is 0 Å². The molecule has 0 bridgehead atoms. The normalized spacial score (nSPS) is 23.1. The molecule has 0 atom stereocenters. The summed E-state index contributed by atoms with van der Waals surface area (Å²) >= 11 is 0. The van der Waals surface area contributed by atoms with Gasteiger partial charge >= 0.3 is 6.16 Å². The molecule has 25 heavy (non-hydrogen) atoms. The van der Waals surface area contributed by atoms with Gasteiger partial charge in [0.05, 0.1) is 18.8 Å². The van der Waals surface area contributed by atoms with Crippen LogP contribution in [0.5, 0.6) is 5.75 Å². The van der Waals surface area contributed by atoms with Gasteiger partial charge in [0, 0.05) is 0 Å². The van der Waals surface area contributed by atoms with E-state index in [1.807, 2.05) is 31.2 Å². The lowest BCUT2D eigenvalue weighted by atomic mass is 9.78. The maximum Gasteiger partial charge on any atom is 0.508 e. The molecule has 1 aliphatic rings. The van der Waals surface area contributed by atoms with Crippen molar-refractivity contribution in [2.24, 2.45) is 0 Å². The fraction of sp³-hybridized carbons (Fsp3) is 0.650. The van der Waals surface area contributed by atoms with Crippen molar-refractivity contribution in [3.8, 4) is 5.75 Å². The standard InChI is InChI=1S/C20H30O5/c1-3-5-15-24-19(21)25-18-10-12-20(22,13-11-18)16-6-8-17(9-7-16)23-14-4-2/h6-9,18,22H,3-5,10-15H2,1-2H3. The SMILES string of the molecule is CCCCOC(=O)OC1CCC(O)(c2ccc(OCCC)cc2)CC1. The Morgan fingerprint density at radius 1 is 1.12 bits per heavy atom. The molecule has 0 radical (unpaired) electrons. The largest absolute Gasteiger partial charge is 0.508 e. The number of hydrogen-bond donors (Lipinski definition) is 1. The van der Waals surface area contributed by atoms with Gasteiger partial charge in [0.25, 0.3) is 0 Å². The number of benzene rings is 1. The highest BCUT2D eigenvalue weighted by Gasteiger charge is 2.36. The van der Waals surface area contributed by atoms with Gasteiger partial charge in [-0.05, 0) is 56.2 Å². The molecule has 1 saturated carbocycles. The van der Waals surface area contributed by atoms with Crippen LogP contribution >= 0.6 is 0 Å². The monoisotopic (exact) mass is 350 g/mol. The minimum Gasteiger partial charge on any atom is -0.494 e. The molecule has 1 fully saturated rings. The van der Waals surface area contributed by atoms with Crippen LogP contribution in [0.25, 0.3) is 0 Å². The highest BCUT2D eigenvalue weighted by molar-refractivity contribution is 5.60. The lowest BCUT2D eigenvalue weighted by molar-refractivity contribution is -0.0537. The van der Waals surface area contributed by atoms with Crippen molar-refractivity contribution in [2.45, 2.75) is 70.5 Å². The van der Waals surface area contributed by atoms with Crippen molar-refractivity contribution < 1.29 is 24.1 Å². The van der Waals surface area contributed by atoms with E-state index in [4.69, 9.17) is 14.2 Å². The molecular formula is C20H30O5. The number of hydrogen-bond acceptors (Lipinski definition) is 5. The van der Waals surface area contributed by atoms with Gasteiger partial charge in [-0.3, -0.25) is 0 Å². The molecule has 5 nitrogen and oxygen atoms in total. The number of unbranched alkanes of at least 4 members (excludes halogenated alkanes) is 1. The van der Waals surface area contributed by atoms with Gasteiger partial charge in [0.15, 0.2) is 0 Å². The molecule has 0 aliphatic heterocycles. The first-order chi connectivity index (χ1) is 12.1. The van der Waals surface area contributed by atoms with Crippen LogP contribution in [0.3, 0.4) is 0 Å². The zero-order chi connectivity index (χ0) is 18.1. The van der Waals surface area contributed by atoms with Crippen molar-refractivity contribution in [3.05, 3.63) is 29.8 Å². The summed E-state index contributed by atoms with van der Waals surface area (Å²) in [7, 11) is 0. The first-order valence-corrected chi connectivity index (χ1v) is 9.36. The molecule has 1 N–H and O–H groups in total. The quantitative estimate of drug-likeness (QED) is 0.550. The van der Waals surface area contributed by atoms with Crippen molar-refractivity contribution >= 4 is 6.16 Å². The van der Waals surface area contributed by atoms with Gasteiger partial charge in [0.1, 0.15) is 11.9 Å². The fourth-order valence-corrected chi connectivity index (χ4v) is 3.03. The predicted molar refractivity (Wildman–Crippen MR) is 95.7 cm³/mol. The Morgan fingerprint density at radius 2 is 1.80 bits per heavy atom. The summed E-state index contributed by atoms with van der Waals surface area (Å²) in [6.07, 6.45) is 4.41. The molecule has 140 valence electrons. The van der Waals surface area contributed by atoms with Crippen LogP contribution in [0.4, 0.5) is 4.79 Å². The Labute approximate surface area is 150 Å². The highest BCUT2D eigenvalue weighted by atomic mass is 16.7. The molecule has 0 unspecified atom stereocenters. The minimum atomic E-state index is -0.866. The fourth-order valence-electron chi connectivity index (χ4n) is 3.03. The predicted octanol–water partition coefficient (Wildman–Crippen LogP) is 4.56. The second-order valence-corrected chi connectivity index (χ2v) is 6.67. The van der Waals surface area contributed by atoms with Gasteiger partial charge in [0.2, 0.25) is 0 Å². The van der Waals surface area contributed by atoms with Gasteiger partial charge in [-0.2, -0.15) is 0 Å². The van der Waals surface area contributed by atoms with E-state index in [1.54, 1.807) is 0 Å². The summed E-state index contributed by atoms with van der Waals surface area (Å²) in [5.41, 5.74) is 0.0234. The van der Waals surface area contributed by atoms with Crippen LogP contribution < -0.4 is 4.74 Å². The van der Waals surface area contributed by atoms with E-state index in [-0.39, 0.29) is 6.10 Å². The first kappa shape index (κ1) is 19.6. The van der Waals surface area contributed by atoms with Crippen molar-refractivity contribution in [2.75, 3.05) is 13.2 Å². The average Bonchev–Trinajstić information content (AvgIpc) is 2.63. The Kier molecular flexibility index (Phi) is 7.56. The number of carbonyl (C=O) groups excluding carboxylic acids is 1. The van der Waals surface area contributed by atoms with E-state index >= 15 is 0 Å². The summed E-state index contributed by atoms with van der Waals surface area (Å²) in [6.45, 7) is 5.20. The molecule has 1 aromatic carbocycles. The van der Waals surface area contributed by atoms with Crippen molar-refractivity contribution in [1.29, 1.82) is 0 Å². The van der Waals surface area contributed by atoms with Crippen LogP contribution in [0.1, 0.15) is 64.4 Å². The van der Waals surface area contributed by atoms with Crippen LogP contribution in [-0.4, -0.2) is 30.6 Å². The highest BCUT2D eigenvalue weighted by Crippen LogP contribution is 2.38. The van der Waals surface area contributed by atoms with Crippen molar-refractivity contribution in [3.63, 3.8) is 0 Å². The summed E-state index contributed by atoms with van der Waals surface area (Å²) in [5, 5.41) is 10.9. The Bertz CT molecular complexity index is 517. The van der Waals surface area contributed by atoms with Gasteiger partial charge in [-0.25, -0.2) is 4.79 Å². The molecular weight excluding hydrogens is 320 g/mol. The number of carbonyl (C=O) groups is 1. The van der Waals surface area contributed by atoms with E-state index in [1.165, 1.54) is 0 Å². The summed E-state index contributed by atoms with van der Waals surface area (Å²) in [6, 6.07) is 7.64. The third-order valence-corrected chi connectivity index (χ3v) is 4.60. The lowest BCUT2D eigenvalue weighted by Gasteiger charge is -2.36. The van der Waals surface area contributed by atoms with Crippen LogP contribution in [-0.2, 0) is 15.1 Å². The molecule has 5 heteroatoms. The summed E-state index contributed by atoms with van der Waals surface area (Å²) < 4.78 is 15.9. The maximum atomic E-state index is 11.6. The van der Waals surface area contributed by atoms with Crippen LogP contribution in [0.15, 0.2) is 24.3 Å². The molecule has 2 rings (SSSR count). The third-order valence-electron chi connectivity index (χ3n) is 4.60. The third kappa shape index (κ3) is 5.92. The van der Waals surface area contributed by atoms with Crippen LogP contribution in [0, 0.1) is 0 Å². The smallest absolute Gasteiger partial charge is 0.494 e. The van der Waals surface area contributed by atoms with E-state index in [2.05, 4.69) is 6.92 Å². The van der Waals surface area contributed by atoms with Gasteiger partial charge in [-0.15, -0.1) is 0 Å². The molecule has 0 spiro atoms. The van der Waals surface area contributed by atoms with Crippen LogP contribution in [0.2, 0.25) is 0 Å². The van der Waals surface area contributed by atoms with Gasteiger partial charge < -0.3 is 19.3 Å². The number of ether oxygens (including phenoxy) is 3. The Balaban J connectivity index is 1.82. The van der Waals surface area contributed by atoms with E-state index in [9.17, 15) is 9.90 Å². The average molecular weight is 350 g/mol. The van der Waals surface area contributed by atoms with E-state index < -0.39 is 11.8 Å². The van der Waals surface area contributed by atoms with Gasteiger partial charge in [-0.1, -0.05) is 32.4 Å². The maximum absolute atomic E-state index is 11.6. The topological polar surface area (TPSA) is 65.0 Å². The van der Waals surface area contributed by atoms with E-state index in [0.29, 0.717) is 38.9 Å². The first-order valence-electron chi connectivity index (χ1n) is 9.36. The summed E-state index contributed by atoms with van der Waals surface area (Å²) in [4.78, 5) is 11.6. The Morgan fingerprint density at radius 3 is 2.40 bits per heavy atom. The molecule has 1 aliphatic carbocycles. The second-order valence-electron chi connectivity index (χ2n) is 6.67. The molecule has 0 heterocycles. The molecule has 0 aromatic heterocycles.